The Morgan fingerprint density at radius 3 is 2.61 bits per heavy atom. The molecule has 0 bridgehead atoms. The average molecular weight is 333 g/mol. The van der Waals surface area contributed by atoms with Gasteiger partial charge in [0.1, 0.15) is 5.69 Å². The van der Waals surface area contributed by atoms with Gasteiger partial charge in [-0.15, -0.1) is 12.4 Å². The number of carbonyl (C=O) groups excluding carboxylic acids is 1. The van der Waals surface area contributed by atoms with Gasteiger partial charge in [-0.2, -0.15) is 5.10 Å². The van der Waals surface area contributed by atoms with Crippen molar-refractivity contribution >= 4 is 18.3 Å². The Morgan fingerprint density at radius 2 is 2.00 bits per heavy atom. The van der Waals surface area contributed by atoms with Crippen LogP contribution in [-0.4, -0.2) is 35.3 Å². The minimum absolute atomic E-state index is 0. The van der Waals surface area contributed by atoms with Crippen LogP contribution < -0.4 is 10.6 Å². The van der Waals surface area contributed by atoms with Crippen molar-refractivity contribution < 1.29 is 4.79 Å². The molecule has 1 aliphatic heterocycles. The first-order valence-electron chi connectivity index (χ1n) is 7.95. The fourth-order valence-electron chi connectivity index (χ4n) is 2.73. The van der Waals surface area contributed by atoms with Crippen molar-refractivity contribution in [2.24, 2.45) is 5.92 Å². The normalized spacial score (nSPS) is 17.2. The minimum Gasteiger partial charge on any atom is -0.350 e. The summed E-state index contributed by atoms with van der Waals surface area (Å²) < 4.78 is 1.78. The second-order valence-corrected chi connectivity index (χ2v) is 6.21. The van der Waals surface area contributed by atoms with Gasteiger partial charge < -0.3 is 10.6 Å². The van der Waals surface area contributed by atoms with Crippen molar-refractivity contribution in [1.29, 1.82) is 0 Å². The van der Waals surface area contributed by atoms with Crippen molar-refractivity contribution in [3.05, 3.63) is 47.8 Å². The molecule has 2 aliphatic rings. The monoisotopic (exact) mass is 332 g/mol. The first-order chi connectivity index (χ1) is 10.8. The topological polar surface area (TPSA) is 59.0 Å². The van der Waals surface area contributed by atoms with E-state index in [1.54, 1.807) is 4.68 Å². The second-order valence-electron chi connectivity index (χ2n) is 6.21. The number of hydrogen-bond donors (Lipinski definition) is 2. The highest BCUT2D eigenvalue weighted by molar-refractivity contribution is 5.93. The Balaban J connectivity index is 0.00000156. The molecule has 1 aromatic heterocycles. The summed E-state index contributed by atoms with van der Waals surface area (Å²) in [6, 6.07) is 11.8. The van der Waals surface area contributed by atoms with E-state index >= 15 is 0 Å². The van der Waals surface area contributed by atoms with Crippen LogP contribution >= 0.6 is 12.4 Å². The lowest BCUT2D eigenvalue weighted by atomic mass is 10.0. The van der Waals surface area contributed by atoms with Gasteiger partial charge in [-0.25, -0.2) is 4.68 Å². The minimum atomic E-state index is -0.0323. The van der Waals surface area contributed by atoms with Crippen LogP contribution in [0.1, 0.15) is 34.9 Å². The zero-order chi connectivity index (χ0) is 14.9. The third-order valence-corrected chi connectivity index (χ3v) is 4.37. The lowest BCUT2D eigenvalue weighted by Crippen LogP contribution is -2.48. The van der Waals surface area contributed by atoms with Gasteiger partial charge >= 0.3 is 0 Å². The summed E-state index contributed by atoms with van der Waals surface area (Å²) in [6.07, 6.45) is 2.36. The van der Waals surface area contributed by atoms with Gasteiger partial charge in [0.15, 0.2) is 0 Å². The fourth-order valence-corrected chi connectivity index (χ4v) is 2.73. The van der Waals surface area contributed by atoms with E-state index in [9.17, 15) is 4.79 Å². The van der Waals surface area contributed by atoms with Gasteiger partial charge in [-0.3, -0.25) is 4.79 Å². The number of nitrogens with one attached hydrogen (secondary N) is 2. The van der Waals surface area contributed by atoms with E-state index < -0.39 is 0 Å². The third-order valence-electron chi connectivity index (χ3n) is 4.37. The van der Waals surface area contributed by atoms with Gasteiger partial charge in [-0.1, -0.05) is 18.2 Å². The van der Waals surface area contributed by atoms with E-state index in [-0.39, 0.29) is 18.3 Å². The number of para-hydroxylation sites is 1. The maximum Gasteiger partial charge on any atom is 0.270 e. The van der Waals surface area contributed by atoms with E-state index in [1.165, 1.54) is 12.8 Å². The van der Waals surface area contributed by atoms with Crippen LogP contribution in [0.4, 0.5) is 0 Å². The predicted molar refractivity (Wildman–Crippen MR) is 91.5 cm³/mol. The van der Waals surface area contributed by atoms with E-state index in [4.69, 9.17) is 0 Å². The molecule has 2 N–H and O–H groups in total. The number of amides is 1. The van der Waals surface area contributed by atoms with Crippen LogP contribution in [0.2, 0.25) is 0 Å². The second kappa shape index (κ2) is 6.72. The number of carbonyl (C=O) groups is 1. The van der Waals surface area contributed by atoms with Crippen molar-refractivity contribution in [2.75, 3.05) is 19.6 Å². The summed E-state index contributed by atoms with van der Waals surface area (Å²) in [7, 11) is 0. The number of halogens is 1. The Labute approximate surface area is 141 Å². The largest absolute Gasteiger partial charge is 0.350 e. The van der Waals surface area contributed by atoms with Crippen molar-refractivity contribution in [3.8, 4) is 5.69 Å². The van der Waals surface area contributed by atoms with Crippen LogP contribution in [0, 0.1) is 5.92 Å². The van der Waals surface area contributed by atoms with Gasteiger partial charge in [-0.05, 0) is 31.0 Å². The number of hydrogen-bond acceptors (Lipinski definition) is 3. The molecule has 1 amide bonds. The molecule has 6 heteroatoms. The fraction of sp³-hybridized carbons (Fsp3) is 0.412. The molecule has 1 aromatic carbocycles. The molecule has 4 rings (SSSR count). The van der Waals surface area contributed by atoms with Crippen molar-refractivity contribution in [1.82, 2.24) is 20.4 Å². The highest BCUT2D eigenvalue weighted by Crippen LogP contribution is 2.39. The standard InChI is InChI=1S/C17H20N4O.ClH/c22-17(19-11-12-9-18-10-12)16-8-15(13-6-7-13)20-21(16)14-4-2-1-3-5-14;/h1-5,8,12-13,18H,6-7,9-11H2,(H,19,22);1H. The lowest BCUT2D eigenvalue weighted by Gasteiger charge is -2.27. The summed E-state index contributed by atoms with van der Waals surface area (Å²) in [6.45, 7) is 2.71. The van der Waals surface area contributed by atoms with Crippen LogP contribution in [0.3, 0.4) is 0 Å². The van der Waals surface area contributed by atoms with E-state index in [2.05, 4.69) is 15.7 Å². The Kier molecular flexibility index (Phi) is 4.68. The summed E-state index contributed by atoms with van der Waals surface area (Å²) >= 11 is 0. The molecule has 2 heterocycles. The zero-order valence-electron chi connectivity index (χ0n) is 12.9. The maximum absolute atomic E-state index is 12.5. The van der Waals surface area contributed by atoms with Gasteiger partial charge in [0.05, 0.1) is 11.4 Å². The Bertz CT molecular complexity index is 677. The third kappa shape index (κ3) is 3.41. The quantitative estimate of drug-likeness (QED) is 0.881. The lowest BCUT2D eigenvalue weighted by molar-refractivity contribution is 0.0934. The van der Waals surface area contributed by atoms with Crippen LogP contribution in [0.25, 0.3) is 5.69 Å². The first kappa shape index (κ1) is 16.0. The molecule has 0 unspecified atom stereocenters. The van der Waals surface area contributed by atoms with Crippen molar-refractivity contribution in [2.45, 2.75) is 18.8 Å². The number of aromatic nitrogens is 2. The zero-order valence-corrected chi connectivity index (χ0v) is 13.7. The molecule has 0 radical (unpaired) electrons. The van der Waals surface area contributed by atoms with Gasteiger partial charge in [0.2, 0.25) is 0 Å². The Hall–Kier alpha value is -1.85. The molecular weight excluding hydrogens is 312 g/mol. The molecule has 2 fully saturated rings. The van der Waals surface area contributed by atoms with Gasteiger partial charge in [0, 0.05) is 31.5 Å². The molecule has 0 spiro atoms. The molecule has 1 saturated carbocycles. The molecule has 1 saturated heterocycles. The molecule has 122 valence electrons. The highest BCUT2D eigenvalue weighted by Gasteiger charge is 2.29. The van der Waals surface area contributed by atoms with Crippen LogP contribution in [0.5, 0.6) is 0 Å². The van der Waals surface area contributed by atoms with E-state index in [0.717, 1.165) is 31.0 Å². The molecule has 1 aliphatic carbocycles. The highest BCUT2D eigenvalue weighted by atomic mass is 35.5. The van der Waals surface area contributed by atoms with E-state index in [0.29, 0.717) is 17.5 Å². The summed E-state index contributed by atoms with van der Waals surface area (Å²) in [5, 5.41) is 10.9. The number of benzene rings is 1. The summed E-state index contributed by atoms with van der Waals surface area (Å²) in [5.41, 5.74) is 2.62. The van der Waals surface area contributed by atoms with Crippen LogP contribution in [0.15, 0.2) is 36.4 Å². The molecule has 5 nitrogen and oxygen atoms in total. The smallest absolute Gasteiger partial charge is 0.270 e. The summed E-state index contributed by atoms with van der Waals surface area (Å²) in [4.78, 5) is 12.5. The van der Waals surface area contributed by atoms with Gasteiger partial charge in [0.25, 0.3) is 5.91 Å². The Morgan fingerprint density at radius 1 is 1.26 bits per heavy atom. The molecular formula is C17H21ClN4O. The first-order valence-corrected chi connectivity index (χ1v) is 7.95. The number of rotatable bonds is 5. The molecule has 0 atom stereocenters. The molecule has 23 heavy (non-hydrogen) atoms. The van der Waals surface area contributed by atoms with E-state index in [1.807, 2.05) is 36.4 Å². The SMILES string of the molecule is Cl.O=C(NCC1CNC1)c1cc(C2CC2)nn1-c1ccccc1. The summed E-state index contributed by atoms with van der Waals surface area (Å²) in [5.74, 6) is 1.06. The number of nitrogens with zero attached hydrogens (tertiary/aromatic N) is 2. The molecule has 2 aromatic rings. The van der Waals surface area contributed by atoms with Crippen LogP contribution in [-0.2, 0) is 0 Å². The maximum atomic E-state index is 12.5. The predicted octanol–water partition coefficient (Wildman–Crippen LogP) is 2.12. The average Bonchev–Trinajstić information content (AvgIpc) is 3.25. The van der Waals surface area contributed by atoms with Crippen molar-refractivity contribution in [3.63, 3.8) is 0 Å².